The molecular formula is C17H26N2O. The molecule has 3 nitrogen and oxygen atoms in total. The zero-order chi connectivity index (χ0) is 13.8. The third-order valence-corrected chi connectivity index (χ3v) is 4.55. The van der Waals surface area contributed by atoms with Crippen molar-refractivity contribution in [3.8, 4) is 0 Å². The Hall–Kier alpha value is -0.900. The number of rotatable bonds is 3. The summed E-state index contributed by atoms with van der Waals surface area (Å²) in [4.78, 5) is 2.36. The normalized spacial score (nSPS) is 27.9. The maximum atomic E-state index is 5.85. The molecule has 0 amide bonds. The summed E-state index contributed by atoms with van der Waals surface area (Å²) >= 11 is 0. The highest BCUT2D eigenvalue weighted by molar-refractivity contribution is 5.31. The lowest BCUT2D eigenvalue weighted by Gasteiger charge is -2.31. The molecule has 0 saturated carbocycles. The minimum absolute atomic E-state index is 0.337. The largest absolute Gasteiger partial charge is 0.374 e. The first-order valence-electron chi connectivity index (χ1n) is 7.94. The number of fused-ring (bicyclic) bond motifs is 1. The zero-order valence-electron chi connectivity index (χ0n) is 12.5. The highest BCUT2D eigenvalue weighted by Crippen LogP contribution is 2.28. The van der Waals surface area contributed by atoms with Crippen LogP contribution in [-0.2, 0) is 11.2 Å². The van der Waals surface area contributed by atoms with Gasteiger partial charge in [-0.05, 0) is 37.4 Å². The number of nitrogens with one attached hydrogen (secondary N) is 1. The van der Waals surface area contributed by atoms with Crippen LogP contribution in [0, 0.1) is 0 Å². The maximum Gasteiger partial charge on any atom is 0.0826 e. The van der Waals surface area contributed by atoms with Gasteiger partial charge in [0.2, 0.25) is 0 Å². The molecule has 0 radical (unpaired) electrons. The number of likely N-dealkylation sites (N-methyl/N-ethyl adjacent to an activating group) is 1. The predicted octanol–water partition coefficient (Wildman–Crippen LogP) is 2.37. The Bertz CT molecular complexity index is 435. The van der Waals surface area contributed by atoms with Crippen molar-refractivity contribution in [3.05, 3.63) is 35.4 Å². The summed E-state index contributed by atoms with van der Waals surface area (Å²) in [6, 6.07) is 9.43. The van der Waals surface area contributed by atoms with Crippen molar-refractivity contribution < 1.29 is 4.74 Å². The number of hydrogen-bond donors (Lipinski definition) is 1. The molecule has 1 aliphatic carbocycles. The van der Waals surface area contributed by atoms with E-state index in [1.54, 1.807) is 0 Å². The molecule has 1 N–H and O–H groups in total. The molecule has 2 aliphatic rings. The molecule has 1 aromatic carbocycles. The maximum absolute atomic E-state index is 5.85. The third kappa shape index (κ3) is 3.40. The molecule has 0 spiro atoms. The molecule has 1 aromatic rings. The number of morpholine rings is 1. The summed E-state index contributed by atoms with van der Waals surface area (Å²) in [5.41, 5.74) is 3.04. The van der Waals surface area contributed by atoms with Crippen LogP contribution in [0.2, 0.25) is 0 Å². The Kier molecular flexibility index (Phi) is 4.71. The third-order valence-electron chi connectivity index (χ3n) is 4.55. The van der Waals surface area contributed by atoms with Crippen LogP contribution in [-0.4, -0.2) is 44.3 Å². The number of ether oxygens (including phenoxy) is 1. The van der Waals surface area contributed by atoms with Crippen LogP contribution in [0.5, 0.6) is 0 Å². The molecule has 2 atom stereocenters. The molecule has 110 valence electrons. The van der Waals surface area contributed by atoms with Gasteiger partial charge in [-0.2, -0.15) is 0 Å². The van der Waals surface area contributed by atoms with E-state index in [9.17, 15) is 0 Å². The standard InChI is InChI=1S/C17H26N2O/c1-19-10-11-20-15(13-19)12-18-17-9-5-3-7-14-6-2-4-8-16(14)17/h2,4,6,8,15,17-18H,3,5,7,9-13H2,1H3. The van der Waals surface area contributed by atoms with E-state index < -0.39 is 0 Å². The van der Waals surface area contributed by atoms with Crippen molar-refractivity contribution in [1.29, 1.82) is 0 Å². The minimum Gasteiger partial charge on any atom is -0.374 e. The summed E-state index contributed by atoms with van der Waals surface area (Å²) in [7, 11) is 2.18. The van der Waals surface area contributed by atoms with Crippen molar-refractivity contribution >= 4 is 0 Å². The van der Waals surface area contributed by atoms with Gasteiger partial charge in [-0.3, -0.25) is 0 Å². The van der Waals surface area contributed by atoms with Crippen molar-refractivity contribution in [2.45, 2.75) is 37.8 Å². The summed E-state index contributed by atoms with van der Waals surface area (Å²) in [6.45, 7) is 3.93. The summed E-state index contributed by atoms with van der Waals surface area (Å²) in [6.07, 6.45) is 5.45. The molecular weight excluding hydrogens is 248 g/mol. The molecule has 20 heavy (non-hydrogen) atoms. The number of hydrogen-bond acceptors (Lipinski definition) is 3. The van der Waals surface area contributed by atoms with Gasteiger partial charge in [-0.1, -0.05) is 30.7 Å². The van der Waals surface area contributed by atoms with Gasteiger partial charge >= 0.3 is 0 Å². The first-order chi connectivity index (χ1) is 9.83. The highest BCUT2D eigenvalue weighted by atomic mass is 16.5. The average molecular weight is 274 g/mol. The van der Waals surface area contributed by atoms with Crippen molar-refractivity contribution in [3.63, 3.8) is 0 Å². The second kappa shape index (κ2) is 6.70. The van der Waals surface area contributed by atoms with Gasteiger partial charge in [0, 0.05) is 25.7 Å². The van der Waals surface area contributed by atoms with Crippen LogP contribution in [0.15, 0.2) is 24.3 Å². The predicted molar refractivity (Wildman–Crippen MR) is 82.0 cm³/mol. The number of aryl methyl sites for hydroxylation is 1. The van der Waals surface area contributed by atoms with Gasteiger partial charge in [0.05, 0.1) is 12.7 Å². The van der Waals surface area contributed by atoms with Gasteiger partial charge in [0.15, 0.2) is 0 Å². The lowest BCUT2D eigenvalue weighted by molar-refractivity contribution is -0.0194. The Balaban J connectivity index is 1.62. The first-order valence-corrected chi connectivity index (χ1v) is 7.94. The minimum atomic E-state index is 0.337. The fourth-order valence-corrected chi connectivity index (χ4v) is 3.40. The Labute approximate surface area is 122 Å². The Morgan fingerprint density at radius 3 is 3.10 bits per heavy atom. The first kappa shape index (κ1) is 14.1. The van der Waals surface area contributed by atoms with Crippen molar-refractivity contribution in [2.75, 3.05) is 33.3 Å². The van der Waals surface area contributed by atoms with E-state index in [-0.39, 0.29) is 0 Å². The lowest BCUT2D eigenvalue weighted by atomic mass is 9.99. The molecule has 1 saturated heterocycles. The molecule has 1 heterocycles. The summed E-state index contributed by atoms with van der Waals surface area (Å²) < 4.78 is 5.85. The van der Waals surface area contributed by atoms with E-state index in [0.717, 1.165) is 26.2 Å². The SMILES string of the molecule is CN1CCOC(CNC2CCCCc3ccccc32)C1. The van der Waals surface area contributed by atoms with Gasteiger partial charge < -0.3 is 15.0 Å². The lowest BCUT2D eigenvalue weighted by Crippen LogP contribution is -2.45. The molecule has 1 aliphatic heterocycles. The van der Waals surface area contributed by atoms with Crippen LogP contribution >= 0.6 is 0 Å². The molecule has 3 heteroatoms. The second-order valence-corrected chi connectivity index (χ2v) is 6.16. The van der Waals surface area contributed by atoms with Crippen LogP contribution in [0.1, 0.15) is 36.4 Å². The zero-order valence-corrected chi connectivity index (χ0v) is 12.5. The van der Waals surface area contributed by atoms with Gasteiger partial charge in [0.25, 0.3) is 0 Å². The van der Waals surface area contributed by atoms with E-state index in [1.165, 1.54) is 36.8 Å². The van der Waals surface area contributed by atoms with Gasteiger partial charge in [-0.15, -0.1) is 0 Å². The number of nitrogens with zero attached hydrogens (tertiary/aromatic N) is 1. The van der Waals surface area contributed by atoms with Gasteiger partial charge in [-0.25, -0.2) is 0 Å². The van der Waals surface area contributed by atoms with E-state index in [1.807, 2.05) is 0 Å². The molecule has 1 fully saturated rings. The summed E-state index contributed by atoms with van der Waals surface area (Å²) in [5, 5.41) is 3.76. The van der Waals surface area contributed by atoms with Crippen molar-refractivity contribution in [2.24, 2.45) is 0 Å². The highest BCUT2D eigenvalue weighted by Gasteiger charge is 2.21. The van der Waals surface area contributed by atoms with Crippen LogP contribution in [0.3, 0.4) is 0 Å². The molecule has 0 aromatic heterocycles. The number of benzene rings is 1. The molecule has 2 unspecified atom stereocenters. The van der Waals surface area contributed by atoms with Crippen LogP contribution in [0.25, 0.3) is 0 Å². The van der Waals surface area contributed by atoms with Crippen molar-refractivity contribution in [1.82, 2.24) is 10.2 Å². The smallest absolute Gasteiger partial charge is 0.0826 e. The topological polar surface area (TPSA) is 24.5 Å². The molecule has 3 rings (SSSR count). The quantitative estimate of drug-likeness (QED) is 0.857. The summed E-state index contributed by atoms with van der Waals surface area (Å²) in [5.74, 6) is 0. The van der Waals surface area contributed by atoms with E-state index in [2.05, 4.69) is 41.5 Å². The second-order valence-electron chi connectivity index (χ2n) is 6.16. The Morgan fingerprint density at radius 1 is 1.30 bits per heavy atom. The average Bonchev–Trinajstić information content (AvgIpc) is 2.67. The monoisotopic (exact) mass is 274 g/mol. The van der Waals surface area contributed by atoms with E-state index >= 15 is 0 Å². The fraction of sp³-hybridized carbons (Fsp3) is 0.647. The molecule has 0 bridgehead atoms. The van der Waals surface area contributed by atoms with E-state index in [0.29, 0.717) is 12.1 Å². The Morgan fingerprint density at radius 2 is 2.20 bits per heavy atom. The van der Waals surface area contributed by atoms with Crippen LogP contribution < -0.4 is 5.32 Å². The van der Waals surface area contributed by atoms with E-state index in [4.69, 9.17) is 4.74 Å². The van der Waals surface area contributed by atoms with Crippen LogP contribution in [0.4, 0.5) is 0 Å². The van der Waals surface area contributed by atoms with Gasteiger partial charge in [0.1, 0.15) is 0 Å². The fourth-order valence-electron chi connectivity index (χ4n) is 3.40.